The summed E-state index contributed by atoms with van der Waals surface area (Å²) < 4.78 is 18.8. The average Bonchev–Trinajstić information content (AvgIpc) is 2.18. The lowest BCUT2D eigenvalue weighted by atomic mass is 9.96. The van der Waals surface area contributed by atoms with Gasteiger partial charge in [-0.15, -0.1) is 0 Å². The molecule has 15 heavy (non-hydrogen) atoms. The standard InChI is InChI=1S/C12H12FNO/c13-12-5-4-9(7-14)6-10(12)8-15-11-2-1-3-11/h4-6,11H,1-3,8H2. The summed E-state index contributed by atoms with van der Waals surface area (Å²) in [5.41, 5.74) is 0.949. The molecule has 1 aromatic carbocycles. The van der Waals surface area contributed by atoms with Gasteiger partial charge in [-0.25, -0.2) is 4.39 Å². The zero-order valence-corrected chi connectivity index (χ0v) is 8.37. The molecule has 2 nitrogen and oxygen atoms in total. The minimum Gasteiger partial charge on any atom is -0.373 e. The zero-order chi connectivity index (χ0) is 10.7. The van der Waals surface area contributed by atoms with Crippen molar-refractivity contribution in [1.82, 2.24) is 0 Å². The van der Waals surface area contributed by atoms with Crippen LogP contribution in [0.5, 0.6) is 0 Å². The van der Waals surface area contributed by atoms with Gasteiger partial charge in [-0.2, -0.15) is 5.26 Å². The van der Waals surface area contributed by atoms with Crippen molar-refractivity contribution >= 4 is 0 Å². The molecule has 0 N–H and O–H groups in total. The maximum absolute atomic E-state index is 13.3. The highest BCUT2D eigenvalue weighted by Gasteiger charge is 2.18. The third kappa shape index (κ3) is 2.34. The predicted molar refractivity (Wildman–Crippen MR) is 53.5 cm³/mol. The summed E-state index contributed by atoms with van der Waals surface area (Å²) in [4.78, 5) is 0. The van der Waals surface area contributed by atoms with Gasteiger partial charge in [0, 0.05) is 5.56 Å². The van der Waals surface area contributed by atoms with E-state index in [0.29, 0.717) is 11.1 Å². The molecule has 0 saturated heterocycles. The van der Waals surface area contributed by atoms with Gasteiger partial charge in [0.05, 0.1) is 24.3 Å². The van der Waals surface area contributed by atoms with Crippen LogP contribution in [0.3, 0.4) is 0 Å². The summed E-state index contributed by atoms with van der Waals surface area (Å²) in [7, 11) is 0. The maximum Gasteiger partial charge on any atom is 0.128 e. The number of ether oxygens (including phenoxy) is 1. The molecule has 0 heterocycles. The van der Waals surface area contributed by atoms with Crippen LogP contribution < -0.4 is 0 Å². The van der Waals surface area contributed by atoms with E-state index in [9.17, 15) is 4.39 Å². The zero-order valence-electron chi connectivity index (χ0n) is 8.37. The molecule has 0 amide bonds. The van der Waals surface area contributed by atoms with Gasteiger partial charge in [0.25, 0.3) is 0 Å². The molecule has 0 radical (unpaired) electrons. The van der Waals surface area contributed by atoms with Crippen molar-refractivity contribution in [2.75, 3.05) is 0 Å². The maximum atomic E-state index is 13.3. The van der Waals surface area contributed by atoms with Crippen molar-refractivity contribution in [2.24, 2.45) is 0 Å². The lowest BCUT2D eigenvalue weighted by Gasteiger charge is -2.25. The van der Waals surface area contributed by atoms with Gasteiger partial charge < -0.3 is 4.74 Å². The Balaban J connectivity index is 2.02. The number of hydrogen-bond acceptors (Lipinski definition) is 2. The molecule has 0 atom stereocenters. The van der Waals surface area contributed by atoms with Crippen LogP contribution in [0, 0.1) is 17.1 Å². The van der Waals surface area contributed by atoms with E-state index in [1.54, 1.807) is 6.07 Å². The molecule has 0 aliphatic heterocycles. The molecular formula is C12H12FNO. The van der Waals surface area contributed by atoms with E-state index in [-0.39, 0.29) is 18.5 Å². The third-order valence-corrected chi connectivity index (χ3v) is 2.70. The Morgan fingerprint density at radius 1 is 1.47 bits per heavy atom. The Morgan fingerprint density at radius 3 is 2.87 bits per heavy atom. The quantitative estimate of drug-likeness (QED) is 0.760. The molecular weight excluding hydrogens is 193 g/mol. The first-order chi connectivity index (χ1) is 7.29. The van der Waals surface area contributed by atoms with Crippen LogP contribution in [0.25, 0.3) is 0 Å². The highest BCUT2D eigenvalue weighted by Crippen LogP contribution is 2.23. The van der Waals surface area contributed by atoms with Gasteiger partial charge >= 0.3 is 0 Å². The van der Waals surface area contributed by atoms with Gasteiger partial charge in [0.15, 0.2) is 0 Å². The minimum atomic E-state index is -0.298. The topological polar surface area (TPSA) is 33.0 Å². The molecule has 2 rings (SSSR count). The monoisotopic (exact) mass is 205 g/mol. The first-order valence-electron chi connectivity index (χ1n) is 5.10. The number of rotatable bonds is 3. The number of hydrogen-bond donors (Lipinski definition) is 0. The smallest absolute Gasteiger partial charge is 0.128 e. The third-order valence-electron chi connectivity index (χ3n) is 2.70. The fourth-order valence-electron chi connectivity index (χ4n) is 1.50. The fraction of sp³-hybridized carbons (Fsp3) is 0.417. The summed E-state index contributed by atoms with van der Waals surface area (Å²) in [6.07, 6.45) is 3.62. The Hall–Kier alpha value is -1.40. The molecule has 1 aliphatic carbocycles. The lowest BCUT2D eigenvalue weighted by Crippen LogP contribution is -2.21. The second kappa shape index (κ2) is 4.41. The van der Waals surface area contributed by atoms with Crippen molar-refractivity contribution in [2.45, 2.75) is 32.0 Å². The van der Waals surface area contributed by atoms with Crippen LogP contribution in [0.4, 0.5) is 4.39 Å². The van der Waals surface area contributed by atoms with Crippen molar-refractivity contribution in [1.29, 1.82) is 5.26 Å². The Labute approximate surface area is 88.3 Å². The molecule has 1 aliphatic rings. The van der Waals surface area contributed by atoms with E-state index < -0.39 is 0 Å². The number of nitriles is 1. The number of halogens is 1. The summed E-state index contributed by atoms with van der Waals surface area (Å²) in [5.74, 6) is -0.298. The van der Waals surface area contributed by atoms with Crippen LogP contribution in [0.15, 0.2) is 18.2 Å². The highest BCUT2D eigenvalue weighted by atomic mass is 19.1. The Morgan fingerprint density at radius 2 is 2.27 bits per heavy atom. The molecule has 1 saturated carbocycles. The van der Waals surface area contributed by atoms with E-state index in [1.165, 1.54) is 18.6 Å². The van der Waals surface area contributed by atoms with Crippen LogP contribution in [-0.2, 0) is 11.3 Å². The van der Waals surface area contributed by atoms with Crippen molar-refractivity contribution in [3.05, 3.63) is 35.1 Å². The summed E-state index contributed by atoms with van der Waals surface area (Å²) >= 11 is 0. The van der Waals surface area contributed by atoms with Crippen molar-refractivity contribution in [3.63, 3.8) is 0 Å². The van der Waals surface area contributed by atoms with Crippen molar-refractivity contribution < 1.29 is 9.13 Å². The molecule has 0 unspecified atom stereocenters. The van der Waals surface area contributed by atoms with Gasteiger partial charge in [-0.3, -0.25) is 0 Å². The number of benzene rings is 1. The van der Waals surface area contributed by atoms with E-state index >= 15 is 0 Å². The summed E-state index contributed by atoms with van der Waals surface area (Å²) in [6, 6.07) is 6.33. The van der Waals surface area contributed by atoms with Crippen LogP contribution >= 0.6 is 0 Å². The normalized spacial score (nSPS) is 15.7. The molecule has 0 aromatic heterocycles. The van der Waals surface area contributed by atoms with Gasteiger partial charge in [0.1, 0.15) is 5.82 Å². The molecule has 1 aromatic rings. The van der Waals surface area contributed by atoms with Gasteiger partial charge in [-0.05, 0) is 37.5 Å². The molecule has 3 heteroatoms. The molecule has 1 fully saturated rings. The molecule has 78 valence electrons. The van der Waals surface area contributed by atoms with Gasteiger partial charge in [-0.1, -0.05) is 0 Å². The second-order valence-corrected chi connectivity index (χ2v) is 3.78. The predicted octanol–water partition coefficient (Wildman–Crippen LogP) is 2.77. The Bertz CT molecular complexity index is 393. The second-order valence-electron chi connectivity index (χ2n) is 3.78. The van der Waals surface area contributed by atoms with E-state index in [1.807, 2.05) is 6.07 Å². The van der Waals surface area contributed by atoms with E-state index in [4.69, 9.17) is 10.00 Å². The SMILES string of the molecule is N#Cc1ccc(F)c(COC2CCC2)c1. The highest BCUT2D eigenvalue weighted by molar-refractivity contribution is 5.33. The lowest BCUT2D eigenvalue weighted by molar-refractivity contribution is -0.00976. The van der Waals surface area contributed by atoms with Crippen LogP contribution in [-0.4, -0.2) is 6.10 Å². The average molecular weight is 205 g/mol. The fourth-order valence-corrected chi connectivity index (χ4v) is 1.50. The van der Waals surface area contributed by atoms with Crippen LogP contribution in [0.1, 0.15) is 30.4 Å². The molecule has 0 spiro atoms. The van der Waals surface area contributed by atoms with Crippen molar-refractivity contribution in [3.8, 4) is 6.07 Å². The van der Waals surface area contributed by atoms with E-state index in [2.05, 4.69) is 0 Å². The first kappa shape index (κ1) is 10.1. The summed E-state index contributed by atoms with van der Waals surface area (Å²) in [6.45, 7) is 0.270. The van der Waals surface area contributed by atoms with E-state index in [0.717, 1.165) is 12.8 Å². The number of nitrogens with zero attached hydrogens (tertiary/aromatic N) is 1. The summed E-state index contributed by atoms with van der Waals surface area (Å²) in [5, 5.41) is 8.67. The minimum absolute atomic E-state index is 0.270. The van der Waals surface area contributed by atoms with Crippen LogP contribution in [0.2, 0.25) is 0 Å². The largest absolute Gasteiger partial charge is 0.373 e. The Kier molecular flexibility index (Phi) is 2.98. The first-order valence-corrected chi connectivity index (χ1v) is 5.10. The molecule has 0 bridgehead atoms. The van der Waals surface area contributed by atoms with Gasteiger partial charge in [0.2, 0.25) is 0 Å².